The molecule has 124 valence electrons. The summed E-state index contributed by atoms with van der Waals surface area (Å²) in [5.41, 5.74) is 3.64. The van der Waals surface area contributed by atoms with E-state index in [0.29, 0.717) is 11.7 Å². The Hall–Kier alpha value is -2.53. The van der Waals surface area contributed by atoms with Crippen LogP contribution < -0.4 is 15.4 Å². The molecular formula is C19H21N3OS. The topological polar surface area (TPSA) is 49.1 Å². The van der Waals surface area contributed by atoms with Crippen LogP contribution in [-0.2, 0) is 13.0 Å². The Bertz CT molecular complexity index is 811. The standard InChI is InChI=1S/C19H21N3OS/c1-23-16-8-6-14(7-9-16)12-22-19(24)20-11-10-15-13-21-18-5-3-2-4-17(15)18/h2-9,13,21H,10-12H2,1H3,(H2,20,22,24). The Morgan fingerprint density at radius 2 is 1.88 bits per heavy atom. The third-order valence-corrected chi connectivity index (χ3v) is 4.26. The lowest BCUT2D eigenvalue weighted by Crippen LogP contribution is -2.35. The van der Waals surface area contributed by atoms with Crippen molar-refractivity contribution in [3.63, 3.8) is 0 Å². The number of benzene rings is 2. The van der Waals surface area contributed by atoms with Crippen LogP contribution in [0.25, 0.3) is 10.9 Å². The van der Waals surface area contributed by atoms with Crippen molar-refractivity contribution < 1.29 is 4.74 Å². The summed E-state index contributed by atoms with van der Waals surface area (Å²) in [4.78, 5) is 3.30. The Kier molecular flexibility index (Phi) is 5.33. The van der Waals surface area contributed by atoms with Crippen molar-refractivity contribution >= 4 is 28.2 Å². The molecule has 0 atom stereocenters. The Morgan fingerprint density at radius 3 is 2.67 bits per heavy atom. The first-order valence-corrected chi connectivity index (χ1v) is 8.37. The number of hydrogen-bond donors (Lipinski definition) is 3. The van der Waals surface area contributed by atoms with E-state index in [9.17, 15) is 0 Å². The largest absolute Gasteiger partial charge is 0.497 e. The molecule has 0 bridgehead atoms. The van der Waals surface area contributed by atoms with Crippen LogP contribution in [0.4, 0.5) is 0 Å². The zero-order valence-electron chi connectivity index (χ0n) is 13.6. The fourth-order valence-corrected chi connectivity index (χ4v) is 2.81. The lowest BCUT2D eigenvalue weighted by molar-refractivity contribution is 0.414. The first-order valence-electron chi connectivity index (χ1n) is 7.96. The molecule has 4 nitrogen and oxygen atoms in total. The molecule has 0 unspecified atom stereocenters. The number of nitrogens with one attached hydrogen (secondary N) is 3. The van der Waals surface area contributed by atoms with Gasteiger partial charge in [-0.2, -0.15) is 0 Å². The van der Waals surface area contributed by atoms with Crippen molar-refractivity contribution in [3.05, 3.63) is 65.9 Å². The second-order valence-corrected chi connectivity index (χ2v) is 5.98. The number of hydrogen-bond acceptors (Lipinski definition) is 2. The highest BCUT2D eigenvalue weighted by Crippen LogP contribution is 2.17. The lowest BCUT2D eigenvalue weighted by Gasteiger charge is -2.10. The number of aromatic nitrogens is 1. The molecule has 0 fully saturated rings. The molecule has 0 radical (unpaired) electrons. The van der Waals surface area contributed by atoms with E-state index in [0.717, 1.165) is 24.3 Å². The van der Waals surface area contributed by atoms with Crippen LogP contribution in [0.2, 0.25) is 0 Å². The molecule has 0 aliphatic carbocycles. The summed E-state index contributed by atoms with van der Waals surface area (Å²) in [5.74, 6) is 0.859. The maximum atomic E-state index is 5.34. The second kappa shape index (κ2) is 7.84. The first-order chi connectivity index (χ1) is 11.8. The normalized spacial score (nSPS) is 10.5. The number of ether oxygens (including phenoxy) is 1. The molecule has 3 rings (SSSR count). The number of rotatable bonds is 6. The zero-order valence-corrected chi connectivity index (χ0v) is 14.5. The average Bonchev–Trinajstić information content (AvgIpc) is 3.04. The minimum absolute atomic E-state index is 0.672. The van der Waals surface area contributed by atoms with E-state index in [1.807, 2.05) is 30.3 Å². The summed E-state index contributed by atoms with van der Waals surface area (Å²) in [5, 5.41) is 8.43. The van der Waals surface area contributed by atoms with Crippen LogP contribution in [-0.4, -0.2) is 23.8 Å². The monoisotopic (exact) mass is 339 g/mol. The summed E-state index contributed by atoms with van der Waals surface area (Å²) in [6.07, 6.45) is 2.99. The number of methoxy groups -OCH3 is 1. The van der Waals surface area contributed by atoms with Gasteiger partial charge in [0.2, 0.25) is 0 Å². The van der Waals surface area contributed by atoms with Crippen LogP contribution >= 0.6 is 12.2 Å². The highest BCUT2D eigenvalue weighted by atomic mass is 32.1. The summed E-state index contributed by atoms with van der Waals surface area (Å²) in [7, 11) is 1.67. The van der Waals surface area contributed by atoms with Crippen LogP contribution in [0.3, 0.4) is 0 Å². The zero-order chi connectivity index (χ0) is 16.8. The maximum Gasteiger partial charge on any atom is 0.166 e. The number of aromatic amines is 1. The van der Waals surface area contributed by atoms with E-state index in [1.54, 1.807) is 7.11 Å². The molecule has 1 aromatic heterocycles. The van der Waals surface area contributed by atoms with Gasteiger partial charge in [0, 0.05) is 30.2 Å². The molecular weight excluding hydrogens is 318 g/mol. The average molecular weight is 339 g/mol. The highest BCUT2D eigenvalue weighted by Gasteiger charge is 2.03. The van der Waals surface area contributed by atoms with Crippen molar-refractivity contribution in [3.8, 4) is 5.75 Å². The van der Waals surface area contributed by atoms with Gasteiger partial charge in [0.05, 0.1) is 7.11 Å². The molecule has 24 heavy (non-hydrogen) atoms. The van der Waals surface area contributed by atoms with E-state index >= 15 is 0 Å². The molecule has 0 spiro atoms. The predicted molar refractivity (Wildman–Crippen MR) is 102 cm³/mol. The van der Waals surface area contributed by atoms with Gasteiger partial charge in [0.25, 0.3) is 0 Å². The van der Waals surface area contributed by atoms with Crippen molar-refractivity contribution in [1.29, 1.82) is 0 Å². The molecule has 1 heterocycles. The summed E-state index contributed by atoms with van der Waals surface area (Å²) in [6, 6.07) is 16.3. The van der Waals surface area contributed by atoms with Gasteiger partial charge < -0.3 is 20.4 Å². The number of fused-ring (bicyclic) bond motifs is 1. The number of para-hydroxylation sites is 1. The molecule has 0 aliphatic heterocycles. The van der Waals surface area contributed by atoms with Crippen LogP contribution in [0, 0.1) is 0 Å². The fraction of sp³-hybridized carbons (Fsp3) is 0.211. The van der Waals surface area contributed by atoms with Gasteiger partial charge in [-0.25, -0.2) is 0 Å². The molecule has 5 heteroatoms. The summed E-state index contributed by atoms with van der Waals surface area (Å²) >= 11 is 5.34. The van der Waals surface area contributed by atoms with Gasteiger partial charge in [0.1, 0.15) is 5.75 Å². The Morgan fingerprint density at radius 1 is 1.08 bits per heavy atom. The van der Waals surface area contributed by atoms with E-state index in [4.69, 9.17) is 17.0 Å². The predicted octanol–water partition coefficient (Wildman–Crippen LogP) is 3.38. The van der Waals surface area contributed by atoms with Crippen molar-refractivity contribution in [1.82, 2.24) is 15.6 Å². The van der Waals surface area contributed by atoms with Crippen LogP contribution in [0.5, 0.6) is 5.75 Å². The van der Waals surface area contributed by atoms with Gasteiger partial charge >= 0.3 is 0 Å². The molecule has 2 aromatic carbocycles. The smallest absolute Gasteiger partial charge is 0.166 e. The maximum absolute atomic E-state index is 5.34. The second-order valence-electron chi connectivity index (χ2n) is 5.57. The molecule has 0 amide bonds. The van der Waals surface area contributed by atoms with Crippen molar-refractivity contribution in [2.75, 3.05) is 13.7 Å². The summed E-state index contributed by atoms with van der Waals surface area (Å²) < 4.78 is 5.15. The fourth-order valence-electron chi connectivity index (χ4n) is 2.64. The van der Waals surface area contributed by atoms with Crippen molar-refractivity contribution in [2.45, 2.75) is 13.0 Å². The quantitative estimate of drug-likeness (QED) is 0.603. The van der Waals surface area contributed by atoms with E-state index in [-0.39, 0.29) is 0 Å². The molecule has 3 N–H and O–H groups in total. The van der Waals surface area contributed by atoms with E-state index in [2.05, 4.69) is 40.0 Å². The van der Waals surface area contributed by atoms with E-state index in [1.165, 1.54) is 16.5 Å². The van der Waals surface area contributed by atoms with Gasteiger partial charge in [-0.3, -0.25) is 0 Å². The molecule has 0 saturated heterocycles. The summed E-state index contributed by atoms with van der Waals surface area (Å²) in [6.45, 7) is 1.50. The van der Waals surface area contributed by atoms with Gasteiger partial charge in [0.15, 0.2) is 5.11 Å². The Labute approximate surface area is 147 Å². The molecule has 3 aromatic rings. The van der Waals surface area contributed by atoms with Gasteiger partial charge in [-0.1, -0.05) is 30.3 Å². The van der Waals surface area contributed by atoms with Crippen LogP contribution in [0.15, 0.2) is 54.7 Å². The van der Waals surface area contributed by atoms with E-state index < -0.39 is 0 Å². The van der Waals surface area contributed by atoms with Gasteiger partial charge in [-0.05, 0) is 48.0 Å². The molecule has 0 saturated carbocycles. The molecule has 0 aliphatic rings. The Balaban J connectivity index is 1.44. The third-order valence-electron chi connectivity index (χ3n) is 3.97. The first kappa shape index (κ1) is 16.3. The minimum Gasteiger partial charge on any atom is -0.497 e. The van der Waals surface area contributed by atoms with Crippen molar-refractivity contribution in [2.24, 2.45) is 0 Å². The minimum atomic E-state index is 0.672. The highest BCUT2D eigenvalue weighted by molar-refractivity contribution is 7.80. The number of H-pyrrole nitrogens is 1. The lowest BCUT2D eigenvalue weighted by atomic mass is 10.1. The third kappa shape index (κ3) is 4.06. The number of thiocarbonyl (C=S) groups is 1. The SMILES string of the molecule is COc1ccc(CNC(=S)NCCc2c[nH]c3ccccc23)cc1. The van der Waals surface area contributed by atoms with Gasteiger partial charge in [-0.15, -0.1) is 0 Å². The van der Waals surface area contributed by atoms with Crippen LogP contribution in [0.1, 0.15) is 11.1 Å².